The van der Waals surface area contributed by atoms with E-state index in [2.05, 4.69) is 4.74 Å². The van der Waals surface area contributed by atoms with Gasteiger partial charge in [0, 0.05) is 6.54 Å². The summed E-state index contributed by atoms with van der Waals surface area (Å²) in [4.78, 5) is 13.8. The summed E-state index contributed by atoms with van der Waals surface area (Å²) in [6, 6.07) is -0.372. The van der Waals surface area contributed by atoms with E-state index < -0.39 is 18.4 Å². The van der Waals surface area contributed by atoms with Crippen molar-refractivity contribution in [1.29, 1.82) is 0 Å². The Hall–Kier alpha value is -0.820. The first-order valence-corrected chi connectivity index (χ1v) is 6.70. The molecule has 7 heteroatoms. The Kier molecular flexibility index (Phi) is 5.82. The van der Waals surface area contributed by atoms with Crippen molar-refractivity contribution in [3.8, 4) is 0 Å². The van der Waals surface area contributed by atoms with Crippen molar-refractivity contribution in [3.05, 3.63) is 0 Å². The highest BCUT2D eigenvalue weighted by Crippen LogP contribution is 2.21. The van der Waals surface area contributed by atoms with E-state index in [1.54, 1.807) is 20.8 Å². The van der Waals surface area contributed by atoms with E-state index in [1.165, 1.54) is 0 Å². The maximum absolute atomic E-state index is 12.0. The van der Waals surface area contributed by atoms with Gasteiger partial charge >= 0.3 is 12.1 Å². The van der Waals surface area contributed by atoms with Gasteiger partial charge in [-0.1, -0.05) is 0 Å². The van der Waals surface area contributed by atoms with E-state index >= 15 is 0 Å². The lowest BCUT2D eigenvalue weighted by Crippen LogP contribution is -2.42. The van der Waals surface area contributed by atoms with Gasteiger partial charge in [0.05, 0.1) is 6.61 Å². The van der Waals surface area contributed by atoms with E-state index in [-0.39, 0.29) is 18.6 Å². The van der Waals surface area contributed by atoms with Crippen LogP contribution in [0.25, 0.3) is 0 Å². The second-order valence-electron chi connectivity index (χ2n) is 5.90. The molecule has 1 atom stereocenters. The zero-order valence-electron chi connectivity index (χ0n) is 12.1. The zero-order chi connectivity index (χ0) is 15.4. The molecule has 1 rings (SSSR count). The number of carbonyl (C=O) groups is 1. The van der Waals surface area contributed by atoms with Gasteiger partial charge in [0.2, 0.25) is 0 Å². The monoisotopic (exact) mass is 297 g/mol. The maximum Gasteiger partial charge on any atom is 0.411 e. The quantitative estimate of drug-likeness (QED) is 0.577. The van der Waals surface area contributed by atoms with Crippen molar-refractivity contribution in [2.75, 3.05) is 26.3 Å². The number of likely N-dealkylation sites (tertiary alicyclic amines) is 1. The van der Waals surface area contributed by atoms with Crippen molar-refractivity contribution in [3.63, 3.8) is 0 Å². The topological polar surface area (TPSA) is 38.8 Å². The number of halogens is 3. The summed E-state index contributed by atoms with van der Waals surface area (Å²) in [5.41, 5.74) is -0.557. The van der Waals surface area contributed by atoms with Crippen LogP contribution in [0.15, 0.2) is 0 Å². The van der Waals surface area contributed by atoms with Gasteiger partial charge in [0.15, 0.2) is 0 Å². The first-order chi connectivity index (χ1) is 9.08. The van der Waals surface area contributed by atoms with Crippen molar-refractivity contribution in [2.45, 2.75) is 51.4 Å². The van der Waals surface area contributed by atoms with Gasteiger partial charge in [0.1, 0.15) is 18.2 Å². The first-order valence-electron chi connectivity index (χ1n) is 6.70. The Morgan fingerprint density at radius 2 is 1.95 bits per heavy atom. The van der Waals surface area contributed by atoms with Crippen LogP contribution >= 0.6 is 0 Å². The van der Waals surface area contributed by atoms with Crippen LogP contribution in [0.4, 0.5) is 13.2 Å². The lowest BCUT2D eigenvalue weighted by Gasteiger charge is -2.27. The molecule has 0 amide bonds. The molecule has 0 aromatic rings. The number of hydrogen-bond donors (Lipinski definition) is 0. The Balaban J connectivity index is 2.36. The predicted molar refractivity (Wildman–Crippen MR) is 67.3 cm³/mol. The second kappa shape index (κ2) is 6.76. The molecule has 0 aromatic heterocycles. The molecule has 20 heavy (non-hydrogen) atoms. The largest absolute Gasteiger partial charge is 0.459 e. The molecule has 0 N–H and O–H groups in total. The number of rotatable bonds is 5. The number of esters is 1. The van der Waals surface area contributed by atoms with Crippen LogP contribution < -0.4 is 0 Å². The predicted octanol–water partition coefficient (Wildman–Crippen LogP) is 2.37. The maximum atomic E-state index is 12.0. The highest BCUT2D eigenvalue weighted by molar-refractivity contribution is 5.76. The zero-order valence-corrected chi connectivity index (χ0v) is 12.1. The van der Waals surface area contributed by atoms with Crippen LogP contribution in [-0.4, -0.2) is 55.0 Å². The van der Waals surface area contributed by atoms with Crippen LogP contribution in [0.5, 0.6) is 0 Å². The molecule has 0 radical (unpaired) electrons. The van der Waals surface area contributed by atoms with Crippen molar-refractivity contribution in [2.24, 2.45) is 0 Å². The fraction of sp³-hybridized carbons (Fsp3) is 0.923. The third-order valence-electron chi connectivity index (χ3n) is 2.83. The van der Waals surface area contributed by atoms with Gasteiger partial charge in [-0.2, -0.15) is 13.2 Å². The smallest absolute Gasteiger partial charge is 0.411 e. The van der Waals surface area contributed by atoms with E-state index in [0.29, 0.717) is 19.5 Å². The molecule has 118 valence electrons. The van der Waals surface area contributed by atoms with Crippen molar-refractivity contribution >= 4 is 5.97 Å². The molecule has 0 unspecified atom stereocenters. The molecule has 4 nitrogen and oxygen atoms in total. The van der Waals surface area contributed by atoms with Crippen molar-refractivity contribution in [1.82, 2.24) is 4.90 Å². The number of carbonyl (C=O) groups excluding carboxylic acids is 1. The Morgan fingerprint density at radius 3 is 2.50 bits per heavy atom. The molecule has 0 spiro atoms. The summed E-state index contributed by atoms with van der Waals surface area (Å²) in [6.45, 7) is 5.06. The van der Waals surface area contributed by atoms with E-state index in [0.717, 1.165) is 6.42 Å². The summed E-state index contributed by atoms with van der Waals surface area (Å²) >= 11 is 0. The molecular formula is C13H22F3NO3. The SMILES string of the molecule is CC(C)(C)OC(=O)[C@@H]1CCCN1CCOCC(F)(F)F. The molecule has 1 saturated heterocycles. The molecule has 0 bridgehead atoms. The summed E-state index contributed by atoms with van der Waals surface area (Å²) in [5.74, 6) is -0.314. The fourth-order valence-electron chi connectivity index (χ4n) is 2.10. The Bertz CT molecular complexity index is 326. The van der Waals surface area contributed by atoms with Gasteiger partial charge in [-0.15, -0.1) is 0 Å². The molecule has 1 heterocycles. The minimum atomic E-state index is -4.31. The summed E-state index contributed by atoms with van der Waals surface area (Å²) in [7, 11) is 0. The molecule has 0 aromatic carbocycles. The average molecular weight is 297 g/mol. The molecule has 1 aliphatic rings. The van der Waals surface area contributed by atoms with Crippen LogP contribution in [-0.2, 0) is 14.3 Å². The fourth-order valence-corrected chi connectivity index (χ4v) is 2.10. The molecule has 1 aliphatic heterocycles. The number of alkyl halides is 3. The van der Waals surface area contributed by atoms with Crippen LogP contribution in [0.1, 0.15) is 33.6 Å². The van der Waals surface area contributed by atoms with Crippen LogP contribution in [0.2, 0.25) is 0 Å². The first kappa shape index (κ1) is 17.2. The summed E-state index contributed by atoms with van der Waals surface area (Å²) in [5, 5.41) is 0. The van der Waals surface area contributed by atoms with E-state index in [9.17, 15) is 18.0 Å². The molecular weight excluding hydrogens is 275 g/mol. The lowest BCUT2D eigenvalue weighted by molar-refractivity contribution is -0.176. The van der Waals surface area contributed by atoms with Crippen LogP contribution in [0.3, 0.4) is 0 Å². The molecule has 0 saturated carbocycles. The molecule has 1 fully saturated rings. The highest BCUT2D eigenvalue weighted by atomic mass is 19.4. The van der Waals surface area contributed by atoms with Gasteiger partial charge in [-0.05, 0) is 40.2 Å². The third kappa shape index (κ3) is 6.56. The normalized spacial score (nSPS) is 21.2. The third-order valence-corrected chi connectivity index (χ3v) is 2.83. The lowest BCUT2D eigenvalue weighted by atomic mass is 10.1. The Morgan fingerprint density at radius 1 is 1.30 bits per heavy atom. The average Bonchev–Trinajstić information content (AvgIpc) is 2.68. The highest BCUT2D eigenvalue weighted by Gasteiger charge is 2.34. The van der Waals surface area contributed by atoms with Crippen LogP contribution in [0, 0.1) is 0 Å². The number of nitrogens with zero attached hydrogens (tertiary/aromatic N) is 1. The second-order valence-corrected chi connectivity index (χ2v) is 5.90. The van der Waals surface area contributed by atoms with Gasteiger partial charge in [-0.25, -0.2) is 0 Å². The summed E-state index contributed by atoms with van der Waals surface area (Å²) in [6.07, 6.45) is -2.80. The number of hydrogen-bond acceptors (Lipinski definition) is 4. The van der Waals surface area contributed by atoms with Crippen molar-refractivity contribution < 1.29 is 27.4 Å². The standard InChI is InChI=1S/C13H22F3NO3/c1-12(2,3)20-11(18)10-5-4-6-17(10)7-8-19-9-13(14,15)16/h10H,4-9H2,1-3H3/t10-/m0/s1. The van der Waals surface area contributed by atoms with Gasteiger partial charge in [-0.3, -0.25) is 9.69 Å². The number of ether oxygens (including phenoxy) is 2. The minimum Gasteiger partial charge on any atom is -0.459 e. The molecule has 0 aliphatic carbocycles. The Labute approximate surface area is 117 Å². The van der Waals surface area contributed by atoms with Gasteiger partial charge in [0.25, 0.3) is 0 Å². The van der Waals surface area contributed by atoms with E-state index in [1.807, 2.05) is 4.90 Å². The minimum absolute atomic E-state index is 0.0428. The van der Waals surface area contributed by atoms with Gasteiger partial charge < -0.3 is 9.47 Å². The van der Waals surface area contributed by atoms with E-state index in [4.69, 9.17) is 4.74 Å². The summed E-state index contributed by atoms with van der Waals surface area (Å²) < 4.78 is 45.7.